The van der Waals surface area contributed by atoms with Crippen LogP contribution < -0.4 is 15.4 Å². The summed E-state index contributed by atoms with van der Waals surface area (Å²) < 4.78 is 27.9. The first-order valence-corrected chi connectivity index (χ1v) is 15.2. The van der Waals surface area contributed by atoms with Gasteiger partial charge in [-0.05, 0) is 42.0 Å². The van der Waals surface area contributed by atoms with Crippen molar-refractivity contribution >= 4 is 62.2 Å². The number of carbonyl (C=O) groups is 3. The molecule has 0 fully saturated rings. The van der Waals surface area contributed by atoms with Gasteiger partial charge in [-0.1, -0.05) is 59.6 Å². The number of thiophene rings is 1. The van der Waals surface area contributed by atoms with E-state index in [0.717, 1.165) is 11.3 Å². The molecule has 0 aliphatic rings. The van der Waals surface area contributed by atoms with Crippen LogP contribution in [-0.2, 0) is 26.0 Å². The number of pyridine rings is 2. The summed E-state index contributed by atoms with van der Waals surface area (Å²) in [6.07, 6.45) is 1.65. The van der Waals surface area contributed by atoms with E-state index in [1.54, 1.807) is 60.8 Å². The molecular formula is C27H23Cl2N5O5S2. The first kappa shape index (κ1) is 30.3. The number of carbonyl (C=O) groups excluding carboxylic acids is 3. The van der Waals surface area contributed by atoms with Crippen LogP contribution in [0.3, 0.4) is 0 Å². The van der Waals surface area contributed by atoms with Crippen LogP contribution in [0.2, 0.25) is 10.3 Å². The standard InChI is InChI=1S/C27H23Cl2N5O5S2/c28-22-11-9-18(25(29)34-22)26(36)33-20(16-17-6-2-1-3-7-17)24(35)27(37)31-14-15-32-41(38,39)23-12-10-21(40-23)19-8-4-5-13-30-19/h1-13,20,32H,14-16H2,(H,31,37)(H,33,36)/t20-/m0/s1. The minimum absolute atomic E-state index is 0.0171. The van der Waals surface area contributed by atoms with E-state index in [0.29, 0.717) is 16.1 Å². The fourth-order valence-electron chi connectivity index (χ4n) is 3.67. The molecule has 0 spiro atoms. The van der Waals surface area contributed by atoms with Crippen molar-refractivity contribution in [3.8, 4) is 10.6 Å². The summed E-state index contributed by atoms with van der Waals surface area (Å²) in [5, 5.41) is 4.88. The molecule has 41 heavy (non-hydrogen) atoms. The van der Waals surface area contributed by atoms with Gasteiger partial charge < -0.3 is 10.6 Å². The Labute approximate surface area is 250 Å². The number of amides is 2. The van der Waals surface area contributed by atoms with Crippen LogP contribution >= 0.6 is 34.5 Å². The van der Waals surface area contributed by atoms with Crippen molar-refractivity contribution in [2.45, 2.75) is 16.7 Å². The van der Waals surface area contributed by atoms with Crippen LogP contribution in [0.25, 0.3) is 10.6 Å². The Hall–Kier alpha value is -3.68. The Balaban J connectivity index is 1.36. The average molecular weight is 633 g/mol. The van der Waals surface area contributed by atoms with Crippen molar-refractivity contribution in [1.29, 1.82) is 0 Å². The lowest BCUT2D eigenvalue weighted by Gasteiger charge is -2.18. The molecule has 0 radical (unpaired) electrons. The van der Waals surface area contributed by atoms with E-state index >= 15 is 0 Å². The van der Waals surface area contributed by atoms with Gasteiger partial charge in [-0.2, -0.15) is 0 Å². The van der Waals surface area contributed by atoms with Crippen LogP contribution in [0.5, 0.6) is 0 Å². The topological polar surface area (TPSA) is 147 Å². The Kier molecular flexibility index (Phi) is 10.2. The quantitative estimate of drug-likeness (QED) is 0.123. The van der Waals surface area contributed by atoms with E-state index in [1.807, 2.05) is 0 Å². The van der Waals surface area contributed by atoms with Gasteiger partial charge in [0, 0.05) is 25.7 Å². The number of sulfonamides is 1. The Morgan fingerprint density at radius 3 is 2.37 bits per heavy atom. The summed E-state index contributed by atoms with van der Waals surface area (Å²) in [5.74, 6) is -2.62. The van der Waals surface area contributed by atoms with Crippen molar-refractivity contribution in [3.05, 3.63) is 100 Å². The van der Waals surface area contributed by atoms with E-state index in [1.165, 1.54) is 18.2 Å². The molecule has 10 nitrogen and oxygen atoms in total. The molecule has 4 aromatic rings. The molecule has 3 heterocycles. The van der Waals surface area contributed by atoms with Gasteiger partial charge in [0.1, 0.15) is 20.6 Å². The summed E-state index contributed by atoms with van der Waals surface area (Å²) in [6.45, 7) is -0.332. The SMILES string of the molecule is O=C(NCCNS(=O)(=O)c1ccc(-c2ccccn2)s1)C(=O)[C@H](Cc1ccccc1)NC(=O)c1ccc(Cl)nc1Cl. The molecule has 0 unspecified atom stereocenters. The highest BCUT2D eigenvalue weighted by molar-refractivity contribution is 7.91. The molecule has 0 aliphatic heterocycles. The molecular weight excluding hydrogens is 609 g/mol. The second-order valence-electron chi connectivity index (χ2n) is 8.54. The normalized spacial score (nSPS) is 12.0. The molecule has 1 aromatic carbocycles. The van der Waals surface area contributed by atoms with Gasteiger partial charge in [0.15, 0.2) is 0 Å². The van der Waals surface area contributed by atoms with Crippen molar-refractivity contribution < 1.29 is 22.8 Å². The first-order valence-electron chi connectivity index (χ1n) is 12.1. The van der Waals surface area contributed by atoms with Crippen molar-refractivity contribution in [2.24, 2.45) is 0 Å². The second-order valence-corrected chi connectivity index (χ2v) is 12.4. The zero-order valence-electron chi connectivity index (χ0n) is 21.2. The number of aromatic nitrogens is 2. The molecule has 3 N–H and O–H groups in total. The fourth-order valence-corrected chi connectivity index (χ4v) is 6.46. The fraction of sp³-hybridized carbons (Fsp3) is 0.148. The second kappa shape index (κ2) is 13.8. The molecule has 0 saturated heterocycles. The maximum Gasteiger partial charge on any atom is 0.289 e. The van der Waals surface area contributed by atoms with Gasteiger partial charge in [-0.3, -0.25) is 19.4 Å². The van der Waals surface area contributed by atoms with Gasteiger partial charge in [0.25, 0.3) is 11.8 Å². The maximum absolute atomic E-state index is 13.1. The summed E-state index contributed by atoms with van der Waals surface area (Å²) in [4.78, 5) is 47.4. The highest BCUT2D eigenvalue weighted by Gasteiger charge is 2.28. The van der Waals surface area contributed by atoms with E-state index < -0.39 is 33.7 Å². The largest absolute Gasteiger partial charge is 0.348 e. The van der Waals surface area contributed by atoms with Crippen molar-refractivity contribution in [2.75, 3.05) is 13.1 Å². The molecule has 0 bridgehead atoms. The third kappa shape index (κ3) is 8.18. The minimum atomic E-state index is -3.86. The lowest BCUT2D eigenvalue weighted by atomic mass is 10.0. The van der Waals surface area contributed by atoms with Gasteiger partial charge >= 0.3 is 0 Å². The number of rotatable bonds is 12. The Morgan fingerprint density at radius 2 is 1.66 bits per heavy atom. The van der Waals surface area contributed by atoms with Crippen LogP contribution in [0, 0.1) is 0 Å². The number of nitrogens with zero attached hydrogens (tertiary/aromatic N) is 2. The summed E-state index contributed by atoms with van der Waals surface area (Å²) >= 11 is 12.9. The van der Waals surface area contributed by atoms with Gasteiger partial charge in [0.2, 0.25) is 15.8 Å². The Bertz CT molecular complexity index is 1650. The Morgan fingerprint density at radius 1 is 0.902 bits per heavy atom. The van der Waals surface area contributed by atoms with Gasteiger partial charge in [0.05, 0.1) is 16.1 Å². The number of benzene rings is 1. The lowest BCUT2D eigenvalue weighted by molar-refractivity contribution is -0.138. The third-order valence-electron chi connectivity index (χ3n) is 5.65. The van der Waals surface area contributed by atoms with E-state index in [4.69, 9.17) is 23.2 Å². The first-order chi connectivity index (χ1) is 19.6. The van der Waals surface area contributed by atoms with Crippen molar-refractivity contribution in [1.82, 2.24) is 25.3 Å². The van der Waals surface area contributed by atoms with Crippen LogP contribution in [-0.4, -0.2) is 55.1 Å². The average Bonchev–Trinajstić information content (AvgIpc) is 3.47. The van der Waals surface area contributed by atoms with Crippen LogP contribution in [0.4, 0.5) is 0 Å². The van der Waals surface area contributed by atoms with Crippen molar-refractivity contribution in [3.63, 3.8) is 0 Å². The summed E-state index contributed by atoms with van der Waals surface area (Å²) in [5.41, 5.74) is 1.33. The summed E-state index contributed by atoms with van der Waals surface area (Å²) in [6, 6.07) is 18.8. The zero-order valence-corrected chi connectivity index (χ0v) is 24.4. The number of Topliss-reactive ketones (excluding diaryl/α,β-unsaturated/α-hetero) is 1. The predicted molar refractivity (Wildman–Crippen MR) is 156 cm³/mol. The van der Waals surface area contributed by atoms with Crippen LogP contribution in [0.15, 0.2) is 83.2 Å². The molecule has 2 amide bonds. The van der Waals surface area contributed by atoms with Crippen LogP contribution in [0.1, 0.15) is 15.9 Å². The third-order valence-corrected chi connectivity index (χ3v) is 9.21. The van der Waals surface area contributed by atoms with Gasteiger partial charge in [-0.15, -0.1) is 11.3 Å². The molecule has 14 heteroatoms. The van der Waals surface area contributed by atoms with E-state index in [9.17, 15) is 22.8 Å². The smallest absolute Gasteiger partial charge is 0.289 e. The molecule has 3 aromatic heterocycles. The molecule has 0 aliphatic carbocycles. The number of nitrogens with one attached hydrogen (secondary N) is 3. The van der Waals surface area contributed by atoms with E-state index in [2.05, 4.69) is 25.3 Å². The number of halogens is 2. The highest BCUT2D eigenvalue weighted by atomic mass is 35.5. The molecule has 1 atom stereocenters. The summed E-state index contributed by atoms with van der Waals surface area (Å²) in [7, 11) is -3.86. The minimum Gasteiger partial charge on any atom is -0.348 e. The monoisotopic (exact) mass is 631 g/mol. The highest BCUT2D eigenvalue weighted by Crippen LogP contribution is 2.29. The van der Waals surface area contributed by atoms with E-state index in [-0.39, 0.29) is 39.6 Å². The number of hydrogen-bond donors (Lipinski definition) is 3. The predicted octanol–water partition coefficient (Wildman–Crippen LogP) is 3.52. The number of ketones is 1. The lowest BCUT2D eigenvalue weighted by Crippen LogP contribution is -2.49. The van der Waals surface area contributed by atoms with Gasteiger partial charge in [-0.25, -0.2) is 18.1 Å². The molecule has 0 saturated carbocycles. The molecule has 212 valence electrons. The number of hydrogen-bond acceptors (Lipinski definition) is 8. The zero-order chi connectivity index (χ0) is 29.4. The maximum atomic E-state index is 13.1. The molecule has 4 rings (SSSR count).